The monoisotopic (exact) mass is 237 g/mol. The van der Waals surface area contributed by atoms with Crippen molar-refractivity contribution in [1.82, 2.24) is 0 Å². The quantitative estimate of drug-likeness (QED) is 0.881. The van der Waals surface area contributed by atoms with E-state index in [1.807, 2.05) is 48.5 Å². The third-order valence-electron chi connectivity index (χ3n) is 2.93. The highest BCUT2D eigenvalue weighted by Crippen LogP contribution is 2.23. The van der Waals surface area contributed by atoms with Crippen LogP contribution in [0.5, 0.6) is 0 Å². The van der Waals surface area contributed by atoms with Crippen molar-refractivity contribution in [3.8, 4) is 17.2 Å². The Labute approximate surface area is 107 Å². The maximum absolute atomic E-state index is 9.86. The highest BCUT2D eigenvalue weighted by Gasteiger charge is 2.07. The van der Waals surface area contributed by atoms with Crippen LogP contribution in [0.1, 0.15) is 24.5 Å². The maximum Gasteiger partial charge on any atom is 0.0799 e. The van der Waals surface area contributed by atoms with Crippen molar-refractivity contribution in [3.63, 3.8) is 0 Å². The number of hydrogen-bond donors (Lipinski definition) is 1. The van der Waals surface area contributed by atoms with E-state index in [0.29, 0.717) is 12.8 Å². The number of hydrogen-bond acceptors (Lipinski definition) is 2. The van der Waals surface area contributed by atoms with Gasteiger partial charge in [0.25, 0.3) is 0 Å². The molecule has 0 aromatic heterocycles. The zero-order chi connectivity index (χ0) is 12.8. The summed E-state index contributed by atoms with van der Waals surface area (Å²) in [4.78, 5) is 0. The van der Waals surface area contributed by atoms with Crippen LogP contribution >= 0.6 is 0 Å². The topological polar surface area (TPSA) is 44.0 Å². The van der Waals surface area contributed by atoms with Crippen LogP contribution in [0.3, 0.4) is 0 Å². The number of nitriles is 1. The van der Waals surface area contributed by atoms with Gasteiger partial charge in [-0.3, -0.25) is 0 Å². The molecule has 0 saturated carbocycles. The van der Waals surface area contributed by atoms with Gasteiger partial charge in [0.15, 0.2) is 0 Å². The minimum atomic E-state index is -0.547. The summed E-state index contributed by atoms with van der Waals surface area (Å²) >= 11 is 0. The van der Waals surface area contributed by atoms with Gasteiger partial charge in [0, 0.05) is 6.42 Å². The fraction of sp³-hybridized carbons (Fsp3) is 0.188. The lowest BCUT2D eigenvalue weighted by molar-refractivity contribution is 0.169. The van der Waals surface area contributed by atoms with Crippen molar-refractivity contribution >= 4 is 0 Å². The van der Waals surface area contributed by atoms with Gasteiger partial charge in [0.1, 0.15) is 0 Å². The van der Waals surface area contributed by atoms with Crippen LogP contribution in [-0.4, -0.2) is 5.11 Å². The molecule has 90 valence electrons. The van der Waals surface area contributed by atoms with Gasteiger partial charge in [-0.2, -0.15) is 5.26 Å². The van der Waals surface area contributed by atoms with Gasteiger partial charge < -0.3 is 5.11 Å². The van der Waals surface area contributed by atoms with Crippen molar-refractivity contribution in [2.45, 2.75) is 18.9 Å². The molecule has 0 bridgehead atoms. The number of benzene rings is 2. The van der Waals surface area contributed by atoms with Gasteiger partial charge in [-0.25, -0.2) is 0 Å². The maximum atomic E-state index is 9.86. The Morgan fingerprint density at radius 1 is 0.944 bits per heavy atom. The van der Waals surface area contributed by atoms with Crippen molar-refractivity contribution < 1.29 is 5.11 Å². The van der Waals surface area contributed by atoms with Gasteiger partial charge in [-0.1, -0.05) is 54.6 Å². The van der Waals surface area contributed by atoms with Crippen molar-refractivity contribution in [1.29, 1.82) is 5.26 Å². The second kappa shape index (κ2) is 6.00. The first kappa shape index (κ1) is 12.3. The normalized spacial score (nSPS) is 11.8. The van der Waals surface area contributed by atoms with E-state index < -0.39 is 6.10 Å². The summed E-state index contributed by atoms with van der Waals surface area (Å²) in [5.41, 5.74) is 3.16. The molecule has 1 unspecified atom stereocenters. The molecule has 0 radical (unpaired) electrons. The average molecular weight is 237 g/mol. The fourth-order valence-corrected chi connectivity index (χ4v) is 1.90. The second-order valence-electron chi connectivity index (χ2n) is 4.20. The minimum Gasteiger partial charge on any atom is -0.388 e. The Kier molecular flexibility index (Phi) is 4.11. The molecule has 0 fully saturated rings. The molecule has 0 saturated heterocycles. The summed E-state index contributed by atoms with van der Waals surface area (Å²) < 4.78 is 0. The number of aliphatic hydroxyl groups excluding tert-OH is 1. The second-order valence-corrected chi connectivity index (χ2v) is 4.20. The molecule has 2 heteroatoms. The van der Waals surface area contributed by atoms with E-state index in [4.69, 9.17) is 5.26 Å². The Morgan fingerprint density at radius 2 is 1.56 bits per heavy atom. The summed E-state index contributed by atoms with van der Waals surface area (Å²) in [5.74, 6) is 0. The van der Waals surface area contributed by atoms with Gasteiger partial charge in [-0.15, -0.1) is 0 Å². The van der Waals surface area contributed by atoms with Crippen molar-refractivity contribution in [3.05, 3.63) is 60.2 Å². The smallest absolute Gasteiger partial charge is 0.0799 e. The molecule has 2 rings (SSSR count). The van der Waals surface area contributed by atoms with Crippen LogP contribution in [0.25, 0.3) is 11.1 Å². The van der Waals surface area contributed by atoms with E-state index in [1.165, 1.54) is 0 Å². The summed E-state index contributed by atoms with van der Waals surface area (Å²) in [6.45, 7) is 0. The predicted octanol–water partition coefficient (Wildman–Crippen LogP) is 3.69. The lowest BCUT2D eigenvalue weighted by Gasteiger charge is -2.09. The standard InChI is InChI=1S/C16H15NO/c17-12-4-7-16(18)15-10-8-14(9-11-15)13-5-2-1-3-6-13/h1-3,5-6,8-11,16,18H,4,7H2. The number of nitrogens with zero attached hydrogens (tertiary/aromatic N) is 1. The van der Waals surface area contributed by atoms with Crippen LogP contribution < -0.4 is 0 Å². The lowest BCUT2D eigenvalue weighted by atomic mass is 10.0. The molecule has 1 atom stereocenters. The van der Waals surface area contributed by atoms with Gasteiger partial charge in [0.2, 0.25) is 0 Å². The third-order valence-corrected chi connectivity index (χ3v) is 2.93. The third kappa shape index (κ3) is 2.97. The molecule has 1 N–H and O–H groups in total. The SMILES string of the molecule is N#CCCC(O)c1ccc(-c2ccccc2)cc1. The van der Waals surface area contributed by atoms with E-state index in [9.17, 15) is 5.11 Å². The summed E-state index contributed by atoms with van der Waals surface area (Å²) in [5, 5.41) is 18.4. The van der Waals surface area contributed by atoms with Gasteiger partial charge in [-0.05, 0) is 23.1 Å². The molecule has 0 aliphatic heterocycles. The molecule has 0 amide bonds. The molecule has 0 heterocycles. The van der Waals surface area contributed by atoms with Crippen LogP contribution in [0, 0.1) is 11.3 Å². The van der Waals surface area contributed by atoms with Crippen LogP contribution in [0.2, 0.25) is 0 Å². The van der Waals surface area contributed by atoms with Crippen molar-refractivity contribution in [2.75, 3.05) is 0 Å². The van der Waals surface area contributed by atoms with Crippen LogP contribution in [-0.2, 0) is 0 Å². The van der Waals surface area contributed by atoms with E-state index in [0.717, 1.165) is 16.7 Å². The molecule has 0 aliphatic rings. The van der Waals surface area contributed by atoms with E-state index >= 15 is 0 Å². The first-order valence-corrected chi connectivity index (χ1v) is 6.01. The average Bonchev–Trinajstić information content (AvgIpc) is 2.46. The Hall–Kier alpha value is -2.11. The Balaban J connectivity index is 2.13. The summed E-state index contributed by atoms with van der Waals surface area (Å²) in [6.07, 6.45) is 0.317. The number of rotatable bonds is 4. The van der Waals surface area contributed by atoms with Gasteiger partial charge >= 0.3 is 0 Å². The molecule has 0 aliphatic carbocycles. The first-order valence-electron chi connectivity index (χ1n) is 6.01. The highest BCUT2D eigenvalue weighted by atomic mass is 16.3. The zero-order valence-electron chi connectivity index (χ0n) is 10.1. The van der Waals surface area contributed by atoms with E-state index in [1.54, 1.807) is 0 Å². The van der Waals surface area contributed by atoms with Gasteiger partial charge in [0.05, 0.1) is 12.2 Å². The molecule has 2 nitrogen and oxygen atoms in total. The minimum absolute atomic E-state index is 0.377. The van der Waals surface area contributed by atoms with Crippen LogP contribution in [0.15, 0.2) is 54.6 Å². The van der Waals surface area contributed by atoms with Crippen molar-refractivity contribution in [2.24, 2.45) is 0 Å². The van der Waals surface area contributed by atoms with E-state index in [2.05, 4.69) is 12.1 Å². The molecule has 2 aromatic rings. The molecule has 2 aromatic carbocycles. The molecule has 18 heavy (non-hydrogen) atoms. The lowest BCUT2D eigenvalue weighted by Crippen LogP contribution is -1.96. The molecular weight excluding hydrogens is 222 g/mol. The summed E-state index contributed by atoms with van der Waals surface area (Å²) in [7, 11) is 0. The summed E-state index contributed by atoms with van der Waals surface area (Å²) in [6, 6.07) is 20.0. The Bertz CT molecular complexity index is 525. The zero-order valence-corrected chi connectivity index (χ0v) is 10.1. The first-order chi connectivity index (χ1) is 8.81. The highest BCUT2D eigenvalue weighted by molar-refractivity contribution is 5.63. The molecular formula is C16H15NO. The largest absolute Gasteiger partial charge is 0.388 e. The molecule has 0 spiro atoms. The van der Waals surface area contributed by atoms with Crippen LogP contribution in [0.4, 0.5) is 0 Å². The number of aliphatic hydroxyl groups is 1. The van der Waals surface area contributed by atoms with E-state index in [-0.39, 0.29) is 0 Å². The fourth-order valence-electron chi connectivity index (χ4n) is 1.90. The predicted molar refractivity (Wildman–Crippen MR) is 71.7 cm³/mol. The Morgan fingerprint density at radius 3 is 2.17 bits per heavy atom.